The van der Waals surface area contributed by atoms with Crippen molar-refractivity contribution in [2.75, 3.05) is 27.4 Å². The Labute approximate surface area is 92.3 Å². The van der Waals surface area contributed by atoms with Gasteiger partial charge in [-0.05, 0) is 19.3 Å². The van der Waals surface area contributed by atoms with Crippen LogP contribution in [-0.2, 0) is 14.3 Å². The third-order valence-corrected chi connectivity index (χ3v) is 2.27. The van der Waals surface area contributed by atoms with Crippen molar-refractivity contribution in [1.29, 1.82) is 0 Å². The van der Waals surface area contributed by atoms with Gasteiger partial charge in [0.25, 0.3) is 0 Å². The molecule has 1 N–H and O–H groups in total. The van der Waals surface area contributed by atoms with Gasteiger partial charge < -0.3 is 9.47 Å². The van der Waals surface area contributed by atoms with Crippen LogP contribution in [0.3, 0.4) is 0 Å². The maximum Gasteiger partial charge on any atom is 0.325 e. The molecule has 0 heterocycles. The molecular formula is C11H23NO3. The summed E-state index contributed by atoms with van der Waals surface area (Å²) in [7, 11) is 3.05. The summed E-state index contributed by atoms with van der Waals surface area (Å²) in [5, 5.41) is 3.18. The van der Waals surface area contributed by atoms with Crippen LogP contribution in [0.15, 0.2) is 0 Å². The summed E-state index contributed by atoms with van der Waals surface area (Å²) in [6, 6.07) is 0. The summed E-state index contributed by atoms with van der Waals surface area (Å²) in [4.78, 5) is 11.6. The van der Waals surface area contributed by atoms with E-state index in [-0.39, 0.29) is 5.97 Å². The average molecular weight is 217 g/mol. The van der Waals surface area contributed by atoms with Gasteiger partial charge in [0.2, 0.25) is 0 Å². The molecule has 0 aromatic heterocycles. The molecule has 0 bridgehead atoms. The van der Waals surface area contributed by atoms with Crippen LogP contribution >= 0.6 is 0 Å². The highest BCUT2D eigenvalue weighted by molar-refractivity contribution is 5.80. The molecule has 0 radical (unpaired) electrons. The van der Waals surface area contributed by atoms with Gasteiger partial charge in [-0.25, -0.2) is 0 Å². The van der Waals surface area contributed by atoms with Crippen molar-refractivity contribution in [2.24, 2.45) is 5.92 Å². The molecule has 4 nitrogen and oxygen atoms in total. The van der Waals surface area contributed by atoms with Crippen LogP contribution in [0.1, 0.15) is 27.2 Å². The fourth-order valence-electron chi connectivity index (χ4n) is 1.70. The number of esters is 1. The molecule has 15 heavy (non-hydrogen) atoms. The molecule has 0 spiro atoms. The average Bonchev–Trinajstić information content (AvgIpc) is 2.15. The van der Waals surface area contributed by atoms with E-state index in [0.29, 0.717) is 19.1 Å². The molecule has 0 amide bonds. The van der Waals surface area contributed by atoms with Gasteiger partial charge in [-0.3, -0.25) is 10.1 Å². The largest absolute Gasteiger partial charge is 0.468 e. The van der Waals surface area contributed by atoms with E-state index in [1.165, 1.54) is 7.11 Å². The van der Waals surface area contributed by atoms with Crippen molar-refractivity contribution in [3.8, 4) is 0 Å². The van der Waals surface area contributed by atoms with E-state index in [0.717, 1.165) is 6.42 Å². The van der Waals surface area contributed by atoms with E-state index in [1.807, 2.05) is 6.92 Å². The molecule has 0 aliphatic rings. The molecule has 0 aromatic rings. The Balaban J connectivity index is 4.33. The lowest BCUT2D eigenvalue weighted by molar-refractivity contribution is -0.148. The molecule has 0 saturated carbocycles. The Morgan fingerprint density at radius 1 is 1.40 bits per heavy atom. The van der Waals surface area contributed by atoms with Crippen LogP contribution in [0.5, 0.6) is 0 Å². The Morgan fingerprint density at radius 3 is 2.40 bits per heavy atom. The van der Waals surface area contributed by atoms with Crippen LogP contribution in [0.4, 0.5) is 0 Å². The standard InChI is InChI=1S/C11H23NO3/c1-9(2)8-11(3,10(13)15-5)12-6-7-14-4/h9,12H,6-8H2,1-5H3. The van der Waals surface area contributed by atoms with E-state index >= 15 is 0 Å². The van der Waals surface area contributed by atoms with Crippen molar-refractivity contribution >= 4 is 5.97 Å². The summed E-state index contributed by atoms with van der Waals surface area (Å²) in [6.07, 6.45) is 0.753. The van der Waals surface area contributed by atoms with Gasteiger partial charge in [0, 0.05) is 13.7 Å². The number of nitrogens with one attached hydrogen (secondary N) is 1. The van der Waals surface area contributed by atoms with Crippen LogP contribution in [0.25, 0.3) is 0 Å². The maximum atomic E-state index is 11.6. The molecule has 1 atom stereocenters. The first kappa shape index (κ1) is 14.4. The molecule has 4 heteroatoms. The van der Waals surface area contributed by atoms with Gasteiger partial charge in [-0.15, -0.1) is 0 Å². The van der Waals surface area contributed by atoms with Crippen LogP contribution in [0, 0.1) is 5.92 Å². The van der Waals surface area contributed by atoms with Crippen molar-refractivity contribution in [3.05, 3.63) is 0 Å². The normalized spacial score (nSPS) is 15.1. The minimum atomic E-state index is -0.610. The van der Waals surface area contributed by atoms with Crippen molar-refractivity contribution in [3.63, 3.8) is 0 Å². The van der Waals surface area contributed by atoms with E-state index in [1.54, 1.807) is 7.11 Å². The number of hydrogen-bond acceptors (Lipinski definition) is 4. The van der Waals surface area contributed by atoms with E-state index < -0.39 is 5.54 Å². The van der Waals surface area contributed by atoms with E-state index in [2.05, 4.69) is 19.2 Å². The first-order valence-corrected chi connectivity index (χ1v) is 5.28. The number of methoxy groups -OCH3 is 2. The molecular weight excluding hydrogens is 194 g/mol. The fourth-order valence-corrected chi connectivity index (χ4v) is 1.70. The van der Waals surface area contributed by atoms with Crippen LogP contribution < -0.4 is 5.32 Å². The Kier molecular flexibility index (Phi) is 6.52. The first-order valence-electron chi connectivity index (χ1n) is 5.28. The molecule has 1 unspecified atom stereocenters. The van der Waals surface area contributed by atoms with Crippen molar-refractivity contribution in [1.82, 2.24) is 5.32 Å². The quantitative estimate of drug-likeness (QED) is 0.514. The molecule has 0 aliphatic heterocycles. The number of carbonyl (C=O) groups is 1. The van der Waals surface area contributed by atoms with Gasteiger partial charge in [0.05, 0.1) is 13.7 Å². The Morgan fingerprint density at radius 2 is 2.00 bits per heavy atom. The van der Waals surface area contributed by atoms with Gasteiger partial charge >= 0.3 is 5.97 Å². The lowest BCUT2D eigenvalue weighted by atomic mass is 9.91. The minimum Gasteiger partial charge on any atom is -0.468 e. The Bertz CT molecular complexity index is 194. The number of carbonyl (C=O) groups excluding carboxylic acids is 1. The summed E-state index contributed by atoms with van der Waals surface area (Å²) in [6.45, 7) is 7.27. The predicted octanol–water partition coefficient (Wildman–Crippen LogP) is 1.20. The summed E-state index contributed by atoms with van der Waals surface area (Å²) >= 11 is 0. The second-order valence-corrected chi connectivity index (χ2v) is 4.34. The lowest BCUT2D eigenvalue weighted by Gasteiger charge is -2.29. The van der Waals surface area contributed by atoms with Crippen LogP contribution in [-0.4, -0.2) is 38.9 Å². The summed E-state index contributed by atoms with van der Waals surface area (Å²) in [5.74, 6) is 0.219. The van der Waals surface area contributed by atoms with Gasteiger partial charge in [-0.1, -0.05) is 13.8 Å². The van der Waals surface area contributed by atoms with Gasteiger partial charge in [-0.2, -0.15) is 0 Å². The third-order valence-electron chi connectivity index (χ3n) is 2.27. The fraction of sp³-hybridized carbons (Fsp3) is 0.909. The number of hydrogen-bond donors (Lipinski definition) is 1. The van der Waals surface area contributed by atoms with Crippen molar-refractivity contribution < 1.29 is 14.3 Å². The predicted molar refractivity (Wildman–Crippen MR) is 59.8 cm³/mol. The monoisotopic (exact) mass is 217 g/mol. The van der Waals surface area contributed by atoms with Crippen LogP contribution in [0.2, 0.25) is 0 Å². The zero-order chi connectivity index (χ0) is 11.9. The molecule has 0 saturated heterocycles. The van der Waals surface area contributed by atoms with Gasteiger partial charge in [0.15, 0.2) is 0 Å². The second-order valence-electron chi connectivity index (χ2n) is 4.34. The molecule has 90 valence electrons. The lowest BCUT2D eigenvalue weighted by Crippen LogP contribution is -2.52. The van der Waals surface area contributed by atoms with Crippen molar-refractivity contribution in [2.45, 2.75) is 32.7 Å². The highest BCUT2D eigenvalue weighted by Crippen LogP contribution is 2.17. The highest BCUT2D eigenvalue weighted by Gasteiger charge is 2.34. The Hall–Kier alpha value is -0.610. The summed E-state index contributed by atoms with van der Waals surface area (Å²) < 4.78 is 9.75. The number of ether oxygens (including phenoxy) is 2. The number of rotatable bonds is 7. The first-order chi connectivity index (χ1) is 6.96. The zero-order valence-electron chi connectivity index (χ0n) is 10.4. The summed E-state index contributed by atoms with van der Waals surface area (Å²) in [5.41, 5.74) is -0.610. The molecule has 0 fully saturated rings. The SMILES string of the molecule is COCCNC(C)(CC(C)C)C(=O)OC. The zero-order valence-corrected chi connectivity index (χ0v) is 10.4. The van der Waals surface area contributed by atoms with E-state index in [4.69, 9.17) is 9.47 Å². The highest BCUT2D eigenvalue weighted by atomic mass is 16.5. The molecule has 0 rings (SSSR count). The molecule has 0 aliphatic carbocycles. The molecule has 0 aromatic carbocycles. The van der Waals surface area contributed by atoms with Gasteiger partial charge in [0.1, 0.15) is 5.54 Å². The smallest absolute Gasteiger partial charge is 0.325 e. The minimum absolute atomic E-state index is 0.215. The van der Waals surface area contributed by atoms with E-state index in [9.17, 15) is 4.79 Å². The topological polar surface area (TPSA) is 47.6 Å². The maximum absolute atomic E-state index is 11.6. The second kappa shape index (κ2) is 6.80. The third kappa shape index (κ3) is 5.14.